The molecule has 0 atom stereocenters. The van der Waals surface area contributed by atoms with Gasteiger partial charge in [-0.1, -0.05) is 12.8 Å². The SMILES string of the molecule is O=C(O)CCCCCCC(=O)O.[Ru]. The summed E-state index contributed by atoms with van der Waals surface area (Å²) in [4.78, 5) is 20.1. The molecule has 2 N–H and O–H groups in total. The van der Waals surface area contributed by atoms with Gasteiger partial charge in [0.15, 0.2) is 0 Å². The molecule has 0 rings (SSSR count). The Balaban J connectivity index is 0. The van der Waals surface area contributed by atoms with E-state index >= 15 is 0 Å². The maximum Gasteiger partial charge on any atom is 0.303 e. The van der Waals surface area contributed by atoms with Gasteiger partial charge in [0.25, 0.3) is 0 Å². The molecule has 0 unspecified atom stereocenters. The molecule has 0 amide bonds. The van der Waals surface area contributed by atoms with Crippen LogP contribution in [0.2, 0.25) is 0 Å². The normalized spacial score (nSPS) is 8.92. The molecule has 0 aliphatic carbocycles. The van der Waals surface area contributed by atoms with E-state index in [9.17, 15) is 9.59 Å². The third-order valence-corrected chi connectivity index (χ3v) is 1.53. The van der Waals surface area contributed by atoms with Gasteiger partial charge >= 0.3 is 11.9 Å². The smallest absolute Gasteiger partial charge is 0.303 e. The molecule has 0 aromatic heterocycles. The minimum atomic E-state index is -0.784. The van der Waals surface area contributed by atoms with Crippen LogP contribution < -0.4 is 0 Å². The fraction of sp³-hybridized carbons (Fsp3) is 0.750. The van der Waals surface area contributed by atoms with Crippen LogP contribution in [0, 0.1) is 0 Å². The maximum atomic E-state index is 10.0. The Morgan fingerprint density at radius 1 is 0.769 bits per heavy atom. The van der Waals surface area contributed by atoms with Gasteiger partial charge in [0.1, 0.15) is 0 Å². The second-order valence-electron chi connectivity index (χ2n) is 2.70. The molecule has 0 fully saturated rings. The summed E-state index contributed by atoms with van der Waals surface area (Å²) in [6, 6.07) is 0. The van der Waals surface area contributed by atoms with Crippen molar-refractivity contribution < 1.29 is 39.3 Å². The summed E-state index contributed by atoms with van der Waals surface area (Å²) in [5.41, 5.74) is 0. The molecule has 78 valence electrons. The van der Waals surface area contributed by atoms with E-state index in [1.807, 2.05) is 0 Å². The molecular weight excluding hydrogens is 261 g/mol. The summed E-state index contributed by atoms with van der Waals surface area (Å²) in [7, 11) is 0. The van der Waals surface area contributed by atoms with Crippen LogP contribution in [0.3, 0.4) is 0 Å². The van der Waals surface area contributed by atoms with Crippen molar-refractivity contribution in [3.05, 3.63) is 0 Å². The Labute approximate surface area is 90.1 Å². The van der Waals surface area contributed by atoms with Crippen molar-refractivity contribution in [1.29, 1.82) is 0 Å². The van der Waals surface area contributed by atoms with Crippen molar-refractivity contribution in [3.63, 3.8) is 0 Å². The average Bonchev–Trinajstić information content (AvgIpc) is 1.95. The summed E-state index contributed by atoms with van der Waals surface area (Å²) in [5, 5.41) is 16.5. The topological polar surface area (TPSA) is 74.6 Å². The zero-order valence-electron chi connectivity index (χ0n) is 7.31. The van der Waals surface area contributed by atoms with Gasteiger partial charge in [-0.3, -0.25) is 9.59 Å². The van der Waals surface area contributed by atoms with Crippen LogP contribution in [0.1, 0.15) is 38.5 Å². The Kier molecular flexibility index (Phi) is 11.2. The van der Waals surface area contributed by atoms with Crippen molar-refractivity contribution in [2.24, 2.45) is 0 Å². The van der Waals surface area contributed by atoms with Gasteiger partial charge in [0.05, 0.1) is 0 Å². The summed E-state index contributed by atoms with van der Waals surface area (Å²) in [5.74, 6) is -1.57. The van der Waals surface area contributed by atoms with Gasteiger partial charge in [0, 0.05) is 32.3 Å². The second kappa shape index (κ2) is 9.65. The third kappa shape index (κ3) is 14.4. The molecule has 13 heavy (non-hydrogen) atoms. The van der Waals surface area contributed by atoms with E-state index in [0.717, 1.165) is 12.8 Å². The molecule has 0 spiro atoms. The molecule has 0 aromatic rings. The van der Waals surface area contributed by atoms with Crippen LogP contribution in [0.4, 0.5) is 0 Å². The van der Waals surface area contributed by atoms with Crippen LogP contribution in [0.5, 0.6) is 0 Å². The Bertz CT molecular complexity index is 140. The first kappa shape index (κ1) is 15.1. The summed E-state index contributed by atoms with van der Waals surface area (Å²) in [6.07, 6.45) is 3.28. The average molecular weight is 275 g/mol. The van der Waals surface area contributed by atoms with E-state index in [1.54, 1.807) is 0 Å². The Hall–Kier alpha value is -0.437. The minimum Gasteiger partial charge on any atom is -0.481 e. The zero-order chi connectivity index (χ0) is 9.40. The molecule has 5 heteroatoms. The number of carboxylic acids is 2. The fourth-order valence-corrected chi connectivity index (χ4v) is 0.906. The van der Waals surface area contributed by atoms with Crippen LogP contribution in [-0.2, 0) is 29.1 Å². The van der Waals surface area contributed by atoms with Gasteiger partial charge in [0.2, 0.25) is 0 Å². The molecule has 0 aromatic carbocycles. The number of aliphatic carboxylic acids is 2. The van der Waals surface area contributed by atoms with Gasteiger partial charge < -0.3 is 10.2 Å². The van der Waals surface area contributed by atoms with E-state index in [-0.39, 0.29) is 32.3 Å². The number of carbonyl (C=O) groups is 2. The maximum absolute atomic E-state index is 10.0. The standard InChI is InChI=1S/C8H14O4.Ru/c9-7(10)5-3-1-2-4-6-8(11)12;/h1-6H2,(H,9,10)(H,11,12);. The number of hydrogen-bond acceptors (Lipinski definition) is 2. The van der Waals surface area contributed by atoms with Crippen LogP contribution in [-0.4, -0.2) is 22.2 Å². The van der Waals surface area contributed by atoms with E-state index in [1.165, 1.54) is 0 Å². The molecule has 0 saturated heterocycles. The molecule has 0 aliphatic heterocycles. The van der Waals surface area contributed by atoms with Gasteiger partial charge in [-0.2, -0.15) is 0 Å². The fourth-order valence-electron chi connectivity index (χ4n) is 0.906. The van der Waals surface area contributed by atoms with Gasteiger partial charge in [-0.25, -0.2) is 0 Å². The van der Waals surface area contributed by atoms with Crippen molar-refractivity contribution in [1.82, 2.24) is 0 Å². The summed E-state index contributed by atoms with van der Waals surface area (Å²) in [6.45, 7) is 0. The zero-order valence-corrected chi connectivity index (χ0v) is 9.05. The Morgan fingerprint density at radius 2 is 1.08 bits per heavy atom. The number of hydrogen-bond donors (Lipinski definition) is 2. The summed E-state index contributed by atoms with van der Waals surface area (Å²) < 4.78 is 0. The largest absolute Gasteiger partial charge is 0.481 e. The minimum absolute atomic E-state index is 0. The van der Waals surface area contributed by atoms with Crippen LogP contribution >= 0.6 is 0 Å². The molecule has 0 radical (unpaired) electrons. The first-order chi connectivity index (χ1) is 5.63. The molecule has 4 nitrogen and oxygen atoms in total. The van der Waals surface area contributed by atoms with Crippen molar-refractivity contribution in [2.75, 3.05) is 0 Å². The summed E-state index contributed by atoms with van der Waals surface area (Å²) >= 11 is 0. The van der Waals surface area contributed by atoms with E-state index in [0.29, 0.717) is 12.8 Å². The molecule has 0 saturated carbocycles. The first-order valence-corrected chi connectivity index (χ1v) is 4.06. The van der Waals surface area contributed by atoms with E-state index < -0.39 is 11.9 Å². The van der Waals surface area contributed by atoms with Crippen molar-refractivity contribution in [3.8, 4) is 0 Å². The molecule has 0 aliphatic rings. The second-order valence-corrected chi connectivity index (χ2v) is 2.70. The number of rotatable bonds is 7. The van der Waals surface area contributed by atoms with Gasteiger partial charge in [-0.05, 0) is 12.8 Å². The predicted molar refractivity (Wildman–Crippen MR) is 43.0 cm³/mol. The van der Waals surface area contributed by atoms with Gasteiger partial charge in [-0.15, -0.1) is 0 Å². The monoisotopic (exact) mass is 276 g/mol. The quantitative estimate of drug-likeness (QED) is 0.545. The molecule has 0 bridgehead atoms. The van der Waals surface area contributed by atoms with Crippen molar-refractivity contribution in [2.45, 2.75) is 38.5 Å². The van der Waals surface area contributed by atoms with E-state index in [4.69, 9.17) is 10.2 Å². The molecular formula is C8H14O4Ru. The Morgan fingerprint density at radius 3 is 1.31 bits per heavy atom. The van der Waals surface area contributed by atoms with Crippen molar-refractivity contribution >= 4 is 11.9 Å². The number of unbranched alkanes of at least 4 members (excludes halogenated alkanes) is 3. The number of carboxylic acid groups (broad SMARTS) is 2. The predicted octanol–water partition coefficient (Wildman–Crippen LogP) is 1.49. The van der Waals surface area contributed by atoms with Crippen LogP contribution in [0.25, 0.3) is 0 Å². The first-order valence-electron chi connectivity index (χ1n) is 4.06. The van der Waals surface area contributed by atoms with E-state index in [2.05, 4.69) is 0 Å². The third-order valence-electron chi connectivity index (χ3n) is 1.53. The molecule has 0 heterocycles. The van der Waals surface area contributed by atoms with Crippen LogP contribution in [0.15, 0.2) is 0 Å².